The second-order valence-corrected chi connectivity index (χ2v) is 2.49. The molecule has 0 aromatic rings. The van der Waals surface area contributed by atoms with E-state index in [1.165, 1.54) is 0 Å². The zero-order chi connectivity index (χ0) is 6.41. The Labute approximate surface area is 62.1 Å². The summed E-state index contributed by atoms with van der Waals surface area (Å²) in [5.41, 5.74) is 0. The molecule has 0 amide bonds. The van der Waals surface area contributed by atoms with Gasteiger partial charge in [-0.2, -0.15) is 25.3 Å². The minimum Gasteiger partial charge on any atom is -0.316 e. The molecule has 0 aliphatic rings. The molecule has 0 fully saturated rings. The summed E-state index contributed by atoms with van der Waals surface area (Å²) in [6.45, 7) is 0. The molecule has 0 spiro atoms. The molecule has 0 unspecified atom stereocenters. The molecule has 0 aromatic heterocycles. The summed E-state index contributed by atoms with van der Waals surface area (Å²) in [6, 6.07) is 0.538. The van der Waals surface area contributed by atoms with Gasteiger partial charge in [-0.25, -0.2) is 0 Å². The highest BCUT2D eigenvalue weighted by Gasteiger charge is 1.98. The summed E-state index contributed by atoms with van der Waals surface area (Å²) in [5, 5.41) is 3.13. The average Bonchev–Trinajstić information content (AvgIpc) is 1.83. The smallest absolute Gasteiger partial charge is 0.0160 e. The van der Waals surface area contributed by atoms with Gasteiger partial charge in [-0.05, 0) is 19.2 Å². The maximum atomic E-state index is 4.13. The number of thiol groups is 2. The Hall–Kier alpha value is 0.660. The molecule has 3 heteroatoms. The summed E-state index contributed by atoms with van der Waals surface area (Å²) in [4.78, 5) is 0. The standard InChI is InChI=1S/C5H13NS2/c1-6-5(4-8)2-3-7/h5-8H,2-4H2,1H3/t5-/m0/s1. The summed E-state index contributed by atoms with van der Waals surface area (Å²) >= 11 is 8.23. The van der Waals surface area contributed by atoms with E-state index in [0.29, 0.717) is 6.04 Å². The quantitative estimate of drug-likeness (QED) is 0.506. The van der Waals surface area contributed by atoms with Crippen molar-refractivity contribution in [2.24, 2.45) is 0 Å². The highest BCUT2D eigenvalue weighted by molar-refractivity contribution is 7.80. The molecule has 0 bridgehead atoms. The summed E-state index contributed by atoms with van der Waals surface area (Å²) in [6.07, 6.45) is 1.10. The third kappa shape index (κ3) is 3.64. The molecule has 0 heterocycles. The van der Waals surface area contributed by atoms with E-state index in [-0.39, 0.29) is 0 Å². The highest BCUT2D eigenvalue weighted by atomic mass is 32.1. The van der Waals surface area contributed by atoms with E-state index in [2.05, 4.69) is 30.6 Å². The number of hydrogen-bond donors (Lipinski definition) is 3. The Balaban J connectivity index is 3.07. The monoisotopic (exact) mass is 151 g/mol. The van der Waals surface area contributed by atoms with Gasteiger partial charge in [0.05, 0.1) is 0 Å². The van der Waals surface area contributed by atoms with Gasteiger partial charge in [0.1, 0.15) is 0 Å². The first-order valence-corrected chi connectivity index (χ1v) is 4.00. The van der Waals surface area contributed by atoms with Crippen molar-refractivity contribution in [3.63, 3.8) is 0 Å². The van der Waals surface area contributed by atoms with Gasteiger partial charge in [-0.1, -0.05) is 0 Å². The molecule has 0 aromatic carbocycles. The molecule has 1 N–H and O–H groups in total. The van der Waals surface area contributed by atoms with Gasteiger partial charge in [-0.3, -0.25) is 0 Å². The highest BCUT2D eigenvalue weighted by Crippen LogP contribution is 1.94. The SMILES string of the molecule is CN[C@H](CS)CCS. The first-order valence-electron chi connectivity index (χ1n) is 2.74. The molecule has 0 saturated carbocycles. The Kier molecular flexibility index (Phi) is 6.27. The molecular weight excluding hydrogens is 138 g/mol. The van der Waals surface area contributed by atoms with E-state index in [1.54, 1.807) is 0 Å². The molecule has 0 rings (SSSR count). The summed E-state index contributed by atoms with van der Waals surface area (Å²) in [5.74, 6) is 1.84. The Morgan fingerprint density at radius 2 is 2.12 bits per heavy atom. The Morgan fingerprint density at radius 1 is 1.50 bits per heavy atom. The summed E-state index contributed by atoms with van der Waals surface area (Å²) in [7, 11) is 1.95. The van der Waals surface area contributed by atoms with Gasteiger partial charge < -0.3 is 5.32 Å². The maximum Gasteiger partial charge on any atom is 0.0160 e. The molecule has 0 aliphatic carbocycles. The molecule has 0 radical (unpaired) electrons. The second-order valence-electron chi connectivity index (χ2n) is 1.68. The fourth-order valence-corrected chi connectivity index (χ4v) is 1.16. The normalized spacial score (nSPS) is 13.9. The lowest BCUT2D eigenvalue weighted by Crippen LogP contribution is -2.27. The van der Waals surface area contributed by atoms with Crippen molar-refractivity contribution < 1.29 is 0 Å². The van der Waals surface area contributed by atoms with Crippen LogP contribution in [0.25, 0.3) is 0 Å². The van der Waals surface area contributed by atoms with Crippen molar-refractivity contribution in [1.29, 1.82) is 0 Å². The van der Waals surface area contributed by atoms with E-state index in [1.807, 2.05) is 7.05 Å². The van der Waals surface area contributed by atoms with Crippen LogP contribution in [0.2, 0.25) is 0 Å². The van der Waals surface area contributed by atoms with Gasteiger partial charge in [-0.15, -0.1) is 0 Å². The lowest BCUT2D eigenvalue weighted by Gasteiger charge is -2.09. The Bertz CT molecular complexity index is 45.7. The summed E-state index contributed by atoms with van der Waals surface area (Å²) < 4.78 is 0. The minimum atomic E-state index is 0.538. The lowest BCUT2D eigenvalue weighted by molar-refractivity contribution is 0.608. The van der Waals surface area contributed by atoms with E-state index in [4.69, 9.17) is 0 Å². The van der Waals surface area contributed by atoms with Crippen molar-refractivity contribution >= 4 is 25.3 Å². The number of hydrogen-bond acceptors (Lipinski definition) is 3. The van der Waals surface area contributed by atoms with Gasteiger partial charge in [0.25, 0.3) is 0 Å². The van der Waals surface area contributed by atoms with Crippen molar-refractivity contribution in [1.82, 2.24) is 5.32 Å². The second kappa shape index (κ2) is 5.79. The van der Waals surface area contributed by atoms with E-state index in [9.17, 15) is 0 Å². The molecule has 8 heavy (non-hydrogen) atoms. The van der Waals surface area contributed by atoms with Gasteiger partial charge >= 0.3 is 0 Å². The van der Waals surface area contributed by atoms with E-state index >= 15 is 0 Å². The number of rotatable bonds is 4. The van der Waals surface area contributed by atoms with Crippen molar-refractivity contribution in [2.45, 2.75) is 12.5 Å². The van der Waals surface area contributed by atoms with Crippen LogP contribution in [-0.4, -0.2) is 24.6 Å². The third-order valence-corrected chi connectivity index (χ3v) is 1.81. The fraction of sp³-hybridized carbons (Fsp3) is 1.00. The van der Waals surface area contributed by atoms with Gasteiger partial charge in [0.15, 0.2) is 0 Å². The average molecular weight is 151 g/mol. The molecule has 50 valence electrons. The number of nitrogens with one attached hydrogen (secondary N) is 1. The zero-order valence-electron chi connectivity index (χ0n) is 5.09. The third-order valence-electron chi connectivity index (χ3n) is 1.11. The lowest BCUT2D eigenvalue weighted by atomic mass is 10.3. The molecule has 0 saturated heterocycles. The van der Waals surface area contributed by atoms with Crippen LogP contribution in [-0.2, 0) is 0 Å². The predicted molar refractivity (Wildman–Crippen MR) is 45.2 cm³/mol. The first-order chi connectivity index (χ1) is 3.85. The van der Waals surface area contributed by atoms with Crippen LogP contribution in [0.1, 0.15) is 6.42 Å². The maximum absolute atomic E-state index is 4.13. The Morgan fingerprint density at radius 3 is 2.25 bits per heavy atom. The van der Waals surface area contributed by atoms with Crippen LogP contribution in [0.3, 0.4) is 0 Å². The molecular formula is C5H13NS2. The van der Waals surface area contributed by atoms with Crippen LogP contribution in [0, 0.1) is 0 Å². The first kappa shape index (κ1) is 8.66. The molecule has 1 nitrogen and oxygen atoms in total. The molecule has 1 atom stereocenters. The fourth-order valence-electron chi connectivity index (χ4n) is 0.483. The van der Waals surface area contributed by atoms with Crippen LogP contribution < -0.4 is 5.32 Å². The van der Waals surface area contributed by atoms with Crippen molar-refractivity contribution in [3.05, 3.63) is 0 Å². The van der Waals surface area contributed by atoms with Gasteiger partial charge in [0, 0.05) is 11.8 Å². The van der Waals surface area contributed by atoms with Crippen molar-refractivity contribution in [3.8, 4) is 0 Å². The van der Waals surface area contributed by atoms with Crippen LogP contribution in [0.15, 0.2) is 0 Å². The zero-order valence-corrected chi connectivity index (χ0v) is 6.88. The largest absolute Gasteiger partial charge is 0.316 e. The molecule has 0 aliphatic heterocycles. The van der Waals surface area contributed by atoms with E-state index < -0.39 is 0 Å². The van der Waals surface area contributed by atoms with Crippen LogP contribution >= 0.6 is 25.3 Å². The predicted octanol–water partition coefficient (Wildman–Crippen LogP) is 0.824. The minimum absolute atomic E-state index is 0.538. The topological polar surface area (TPSA) is 12.0 Å². The van der Waals surface area contributed by atoms with Gasteiger partial charge in [0.2, 0.25) is 0 Å². The van der Waals surface area contributed by atoms with Crippen LogP contribution in [0.5, 0.6) is 0 Å². The van der Waals surface area contributed by atoms with Crippen LogP contribution in [0.4, 0.5) is 0 Å². The van der Waals surface area contributed by atoms with E-state index in [0.717, 1.165) is 17.9 Å². The van der Waals surface area contributed by atoms with Crippen molar-refractivity contribution in [2.75, 3.05) is 18.6 Å².